The molecule has 1 amide bonds. The number of pyridine rings is 1. The van der Waals surface area contributed by atoms with E-state index in [4.69, 9.17) is 11.6 Å². The molecule has 0 unspecified atom stereocenters. The van der Waals surface area contributed by atoms with Gasteiger partial charge in [-0.15, -0.1) is 0 Å². The minimum atomic E-state index is -0.00166. The fourth-order valence-electron chi connectivity index (χ4n) is 1.65. The summed E-state index contributed by atoms with van der Waals surface area (Å²) in [6, 6.07) is 3.62. The Balaban J connectivity index is 2.05. The monoisotopic (exact) mass is 265 g/mol. The number of fused-ring (bicyclic) bond motifs is 1. The fraction of sp³-hybridized carbons (Fsp3) is 0.385. The van der Waals surface area contributed by atoms with Gasteiger partial charge in [-0.05, 0) is 18.1 Å². The molecule has 0 aliphatic rings. The summed E-state index contributed by atoms with van der Waals surface area (Å²) >= 11 is 5.89. The Hall–Kier alpha value is -1.55. The summed E-state index contributed by atoms with van der Waals surface area (Å²) in [5, 5.41) is 3.52. The number of nitrogens with zero attached hydrogens (tertiary/aromatic N) is 2. The number of carbonyl (C=O) groups excluding carboxylic acids is 1. The minimum absolute atomic E-state index is 0.00166. The summed E-state index contributed by atoms with van der Waals surface area (Å²) in [5.74, 6) is 0.451. The molecule has 0 spiro atoms. The SMILES string of the molecule is CC(C)CNC(=O)Cc1cn2cc(Cl)ccc2n1. The van der Waals surface area contributed by atoms with Crippen LogP contribution in [0.3, 0.4) is 0 Å². The first-order valence-corrected chi connectivity index (χ1v) is 6.32. The first kappa shape index (κ1) is 12.9. The van der Waals surface area contributed by atoms with E-state index in [0.717, 1.165) is 11.3 Å². The molecular formula is C13H16ClN3O. The van der Waals surface area contributed by atoms with Gasteiger partial charge in [-0.3, -0.25) is 4.79 Å². The Labute approximate surface area is 111 Å². The summed E-state index contributed by atoms with van der Waals surface area (Å²) < 4.78 is 1.83. The highest BCUT2D eigenvalue weighted by Gasteiger charge is 2.08. The lowest BCUT2D eigenvalue weighted by molar-refractivity contribution is -0.120. The molecule has 0 aliphatic carbocycles. The van der Waals surface area contributed by atoms with Gasteiger partial charge in [-0.1, -0.05) is 25.4 Å². The molecule has 5 heteroatoms. The van der Waals surface area contributed by atoms with Gasteiger partial charge >= 0.3 is 0 Å². The van der Waals surface area contributed by atoms with Crippen molar-refractivity contribution < 1.29 is 4.79 Å². The number of rotatable bonds is 4. The standard InChI is InChI=1S/C13H16ClN3O/c1-9(2)6-15-13(18)5-11-8-17-7-10(14)3-4-12(17)16-11/h3-4,7-9H,5-6H2,1-2H3,(H,15,18). The molecule has 2 aromatic rings. The maximum absolute atomic E-state index is 11.7. The molecule has 0 aliphatic heterocycles. The van der Waals surface area contributed by atoms with Crippen molar-refractivity contribution in [1.29, 1.82) is 0 Å². The predicted octanol–water partition coefficient (Wildman–Crippen LogP) is 2.30. The summed E-state index contributed by atoms with van der Waals surface area (Å²) in [6.07, 6.45) is 3.90. The van der Waals surface area contributed by atoms with Gasteiger partial charge in [-0.25, -0.2) is 4.98 Å². The van der Waals surface area contributed by atoms with E-state index in [2.05, 4.69) is 24.1 Å². The highest BCUT2D eigenvalue weighted by Crippen LogP contribution is 2.11. The first-order chi connectivity index (χ1) is 8.54. The van der Waals surface area contributed by atoms with Crippen LogP contribution < -0.4 is 5.32 Å². The van der Waals surface area contributed by atoms with Crippen molar-refractivity contribution in [1.82, 2.24) is 14.7 Å². The molecule has 0 bridgehead atoms. The molecular weight excluding hydrogens is 250 g/mol. The van der Waals surface area contributed by atoms with Crippen molar-refractivity contribution in [3.63, 3.8) is 0 Å². The third kappa shape index (κ3) is 3.23. The fourth-order valence-corrected chi connectivity index (χ4v) is 1.82. The van der Waals surface area contributed by atoms with E-state index in [0.29, 0.717) is 23.9 Å². The van der Waals surface area contributed by atoms with Crippen LogP contribution in [-0.2, 0) is 11.2 Å². The molecule has 0 aromatic carbocycles. The predicted molar refractivity (Wildman–Crippen MR) is 71.8 cm³/mol. The van der Waals surface area contributed by atoms with Crippen LogP contribution in [0.2, 0.25) is 5.02 Å². The summed E-state index contributed by atoms with van der Waals surface area (Å²) in [4.78, 5) is 16.0. The second kappa shape index (κ2) is 5.40. The zero-order valence-electron chi connectivity index (χ0n) is 10.5. The van der Waals surface area contributed by atoms with Crippen LogP contribution in [0.5, 0.6) is 0 Å². The molecule has 0 radical (unpaired) electrons. The van der Waals surface area contributed by atoms with Crippen molar-refractivity contribution in [2.75, 3.05) is 6.54 Å². The lowest BCUT2D eigenvalue weighted by Gasteiger charge is -2.05. The molecule has 0 saturated heterocycles. The molecule has 0 atom stereocenters. The smallest absolute Gasteiger partial charge is 0.226 e. The molecule has 1 N–H and O–H groups in total. The van der Waals surface area contributed by atoms with E-state index < -0.39 is 0 Å². The van der Waals surface area contributed by atoms with Gasteiger partial charge in [0.1, 0.15) is 5.65 Å². The van der Waals surface area contributed by atoms with Crippen molar-refractivity contribution in [3.8, 4) is 0 Å². The van der Waals surface area contributed by atoms with E-state index in [1.807, 2.05) is 16.7 Å². The number of aromatic nitrogens is 2. The van der Waals surface area contributed by atoms with Crippen LogP contribution >= 0.6 is 11.6 Å². The number of hydrogen-bond acceptors (Lipinski definition) is 2. The summed E-state index contributed by atoms with van der Waals surface area (Å²) in [5.41, 5.74) is 1.55. The quantitative estimate of drug-likeness (QED) is 0.922. The van der Waals surface area contributed by atoms with Gasteiger partial charge in [0, 0.05) is 18.9 Å². The zero-order chi connectivity index (χ0) is 13.1. The Morgan fingerprint density at radius 1 is 1.44 bits per heavy atom. The van der Waals surface area contributed by atoms with Crippen LogP contribution in [0.25, 0.3) is 5.65 Å². The van der Waals surface area contributed by atoms with Gasteiger partial charge in [0.25, 0.3) is 0 Å². The molecule has 96 valence electrons. The Morgan fingerprint density at radius 2 is 2.22 bits per heavy atom. The Morgan fingerprint density at radius 3 is 2.94 bits per heavy atom. The van der Waals surface area contributed by atoms with Crippen LogP contribution in [0.15, 0.2) is 24.5 Å². The van der Waals surface area contributed by atoms with Crippen molar-refractivity contribution in [2.24, 2.45) is 5.92 Å². The van der Waals surface area contributed by atoms with Gasteiger partial charge in [-0.2, -0.15) is 0 Å². The first-order valence-electron chi connectivity index (χ1n) is 5.94. The Kier molecular flexibility index (Phi) is 3.87. The lowest BCUT2D eigenvalue weighted by atomic mass is 10.2. The van der Waals surface area contributed by atoms with Crippen LogP contribution in [0.4, 0.5) is 0 Å². The number of imidazole rings is 1. The van der Waals surface area contributed by atoms with E-state index in [1.165, 1.54) is 0 Å². The average molecular weight is 266 g/mol. The van der Waals surface area contributed by atoms with Crippen LogP contribution in [-0.4, -0.2) is 21.8 Å². The average Bonchev–Trinajstić information content (AvgIpc) is 2.67. The molecule has 4 nitrogen and oxygen atoms in total. The number of nitrogens with one attached hydrogen (secondary N) is 1. The second-order valence-electron chi connectivity index (χ2n) is 4.72. The van der Waals surface area contributed by atoms with Gasteiger partial charge < -0.3 is 9.72 Å². The van der Waals surface area contributed by atoms with Crippen molar-refractivity contribution >= 4 is 23.2 Å². The number of halogens is 1. The summed E-state index contributed by atoms with van der Waals surface area (Å²) in [7, 11) is 0. The topological polar surface area (TPSA) is 46.4 Å². The molecule has 2 rings (SSSR count). The highest BCUT2D eigenvalue weighted by molar-refractivity contribution is 6.30. The molecule has 0 saturated carbocycles. The van der Waals surface area contributed by atoms with Crippen LogP contribution in [0.1, 0.15) is 19.5 Å². The highest BCUT2D eigenvalue weighted by atomic mass is 35.5. The van der Waals surface area contributed by atoms with E-state index >= 15 is 0 Å². The third-order valence-electron chi connectivity index (χ3n) is 2.51. The number of hydrogen-bond donors (Lipinski definition) is 1. The van der Waals surface area contributed by atoms with Crippen molar-refractivity contribution in [2.45, 2.75) is 20.3 Å². The van der Waals surface area contributed by atoms with E-state index in [9.17, 15) is 4.79 Å². The van der Waals surface area contributed by atoms with Gasteiger partial charge in [0.15, 0.2) is 0 Å². The molecule has 18 heavy (non-hydrogen) atoms. The summed E-state index contributed by atoms with van der Waals surface area (Å²) in [6.45, 7) is 4.82. The van der Waals surface area contributed by atoms with E-state index in [1.54, 1.807) is 12.3 Å². The van der Waals surface area contributed by atoms with Crippen molar-refractivity contribution in [3.05, 3.63) is 35.2 Å². The van der Waals surface area contributed by atoms with Crippen LogP contribution in [0, 0.1) is 5.92 Å². The number of amides is 1. The van der Waals surface area contributed by atoms with Gasteiger partial charge in [0.05, 0.1) is 17.1 Å². The normalized spacial score (nSPS) is 11.1. The largest absolute Gasteiger partial charge is 0.356 e. The minimum Gasteiger partial charge on any atom is -0.356 e. The van der Waals surface area contributed by atoms with Gasteiger partial charge in [0.2, 0.25) is 5.91 Å². The maximum atomic E-state index is 11.7. The third-order valence-corrected chi connectivity index (χ3v) is 2.74. The second-order valence-corrected chi connectivity index (χ2v) is 5.16. The lowest BCUT2D eigenvalue weighted by Crippen LogP contribution is -2.28. The number of carbonyl (C=O) groups is 1. The Bertz CT molecular complexity index is 562. The molecule has 2 heterocycles. The van der Waals surface area contributed by atoms with E-state index in [-0.39, 0.29) is 5.91 Å². The maximum Gasteiger partial charge on any atom is 0.226 e. The molecule has 0 fully saturated rings. The molecule has 2 aromatic heterocycles. The zero-order valence-corrected chi connectivity index (χ0v) is 11.2.